The van der Waals surface area contributed by atoms with Gasteiger partial charge in [0.25, 0.3) is 11.5 Å². The van der Waals surface area contributed by atoms with Gasteiger partial charge in [0.05, 0.1) is 16.0 Å². The van der Waals surface area contributed by atoms with Gasteiger partial charge in [0, 0.05) is 25.2 Å². The van der Waals surface area contributed by atoms with Crippen molar-refractivity contribution in [1.29, 1.82) is 0 Å². The van der Waals surface area contributed by atoms with Gasteiger partial charge in [-0.3, -0.25) is 9.59 Å². The summed E-state index contributed by atoms with van der Waals surface area (Å²) in [5.41, 5.74) is 1.09. The van der Waals surface area contributed by atoms with Gasteiger partial charge >= 0.3 is 0 Å². The van der Waals surface area contributed by atoms with Crippen molar-refractivity contribution in [2.24, 2.45) is 0 Å². The number of aromatic nitrogens is 2. The molecule has 3 aromatic carbocycles. The monoisotopic (exact) mass is 462 g/mol. The Morgan fingerprint density at radius 3 is 2.24 bits per heavy atom. The zero-order chi connectivity index (χ0) is 23.8. The summed E-state index contributed by atoms with van der Waals surface area (Å²) in [6.45, 7) is 1.69. The van der Waals surface area contributed by atoms with E-state index in [1.807, 2.05) is 6.07 Å². The number of anilines is 1. The van der Waals surface area contributed by atoms with E-state index in [0.29, 0.717) is 27.7 Å². The molecule has 4 aromatic rings. The molecule has 1 aromatic heterocycles. The minimum Gasteiger partial charge on any atom is -0.321 e. The molecule has 0 aliphatic heterocycles. The number of rotatable bonds is 5. The SMILES string of the molecule is Cc1ccc(NC(=O)c2nn(-c3ccccc3)c(=O)c3ccccc23)cc1S(=O)(=O)N(C)C. The molecule has 0 spiro atoms. The molecule has 9 heteroatoms. The first-order chi connectivity index (χ1) is 15.7. The number of para-hydroxylation sites is 1. The van der Waals surface area contributed by atoms with Crippen LogP contribution in [0.5, 0.6) is 0 Å². The van der Waals surface area contributed by atoms with Gasteiger partial charge < -0.3 is 5.32 Å². The predicted octanol–water partition coefficient (Wildman–Crippen LogP) is 3.20. The Bertz CT molecular complexity index is 1530. The van der Waals surface area contributed by atoms with Crippen LogP contribution in [0.4, 0.5) is 5.69 Å². The van der Waals surface area contributed by atoms with Gasteiger partial charge in [0.1, 0.15) is 0 Å². The van der Waals surface area contributed by atoms with E-state index >= 15 is 0 Å². The summed E-state index contributed by atoms with van der Waals surface area (Å²) in [4.78, 5) is 26.4. The van der Waals surface area contributed by atoms with Gasteiger partial charge in [0.15, 0.2) is 5.69 Å². The predicted molar refractivity (Wildman–Crippen MR) is 127 cm³/mol. The Balaban J connectivity index is 1.82. The molecule has 1 heterocycles. The third-order valence-electron chi connectivity index (χ3n) is 5.23. The second kappa shape index (κ2) is 8.61. The van der Waals surface area contributed by atoms with Gasteiger partial charge in [-0.15, -0.1) is 0 Å². The Morgan fingerprint density at radius 1 is 0.939 bits per heavy atom. The highest BCUT2D eigenvalue weighted by molar-refractivity contribution is 7.89. The molecule has 168 valence electrons. The maximum atomic E-state index is 13.3. The molecule has 0 fully saturated rings. The van der Waals surface area contributed by atoms with E-state index in [0.717, 1.165) is 4.31 Å². The number of fused-ring (bicyclic) bond motifs is 1. The van der Waals surface area contributed by atoms with Gasteiger partial charge in [-0.1, -0.05) is 42.5 Å². The largest absolute Gasteiger partial charge is 0.321 e. The fourth-order valence-corrected chi connectivity index (χ4v) is 4.59. The van der Waals surface area contributed by atoms with E-state index in [-0.39, 0.29) is 16.1 Å². The molecule has 0 radical (unpaired) electrons. The van der Waals surface area contributed by atoms with Crippen LogP contribution in [-0.2, 0) is 10.0 Å². The van der Waals surface area contributed by atoms with Gasteiger partial charge in [-0.25, -0.2) is 12.7 Å². The Morgan fingerprint density at radius 2 is 1.58 bits per heavy atom. The van der Waals surface area contributed by atoms with Crippen molar-refractivity contribution in [2.75, 3.05) is 19.4 Å². The van der Waals surface area contributed by atoms with Gasteiger partial charge in [-0.05, 0) is 42.8 Å². The first-order valence-corrected chi connectivity index (χ1v) is 11.6. The molecular weight excluding hydrogens is 440 g/mol. The molecule has 1 amide bonds. The van der Waals surface area contributed by atoms with E-state index in [9.17, 15) is 18.0 Å². The summed E-state index contributed by atoms with van der Waals surface area (Å²) in [5, 5.41) is 7.83. The topological polar surface area (TPSA) is 101 Å². The number of sulfonamides is 1. The fraction of sp³-hybridized carbons (Fsp3) is 0.125. The average Bonchev–Trinajstić information content (AvgIpc) is 2.81. The highest BCUT2D eigenvalue weighted by atomic mass is 32.2. The molecule has 1 N–H and O–H groups in total. The van der Waals surface area contributed by atoms with E-state index < -0.39 is 15.9 Å². The fourth-order valence-electron chi connectivity index (χ4n) is 3.44. The smallest absolute Gasteiger partial charge is 0.279 e. The number of hydrogen-bond acceptors (Lipinski definition) is 5. The average molecular weight is 463 g/mol. The van der Waals surface area contributed by atoms with Crippen molar-refractivity contribution >= 4 is 32.4 Å². The Kier molecular flexibility index (Phi) is 5.84. The third-order valence-corrected chi connectivity index (χ3v) is 7.18. The molecule has 4 rings (SSSR count). The summed E-state index contributed by atoms with van der Waals surface area (Å²) in [7, 11) is -0.798. The lowest BCUT2D eigenvalue weighted by Gasteiger charge is -2.15. The zero-order valence-electron chi connectivity index (χ0n) is 18.3. The number of aryl methyl sites for hydroxylation is 1. The normalized spacial score (nSPS) is 11.6. The molecule has 0 unspecified atom stereocenters. The van der Waals surface area contributed by atoms with Crippen molar-refractivity contribution in [3.8, 4) is 5.69 Å². The van der Waals surface area contributed by atoms with Crippen LogP contribution in [0, 0.1) is 6.92 Å². The zero-order valence-corrected chi connectivity index (χ0v) is 19.1. The summed E-state index contributed by atoms with van der Waals surface area (Å²) in [5.74, 6) is -0.562. The molecule has 0 aliphatic carbocycles. The lowest BCUT2D eigenvalue weighted by Crippen LogP contribution is -2.26. The summed E-state index contributed by atoms with van der Waals surface area (Å²) < 4.78 is 27.6. The standard InChI is InChI=1S/C24H22N4O4S/c1-16-13-14-17(15-21(16)33(31,32)27(2)3)25-23(29)22-19-11-7-8-12-20(19)24(30)28(26-22)18-9-5-4-6-10-18/h4-15H,1-3H3,(H,25,29). The van der Waals surface area contributed by atoms with Crippen molar-refractivity contribution in [3.05, 3.63) is 94.4 Å². The minimum atomic E-state index is -3.69. The van der Waals surface area contributed by atoms with Crippen molar-refractivity contribution in [1.82, 2.24) is 14.1 Å². The molecule has 0 atom stereocenters. The van der Waals surface area contributed by atoms with Crippen LogP contribution in [0.1, 0.15) is 16.1 Å². The van der Waals surface area contributed by atoms with Crippen LogP contribution < -0.4 is 10.9 Å². The van der Waals surface area contributed by atoms with Gasteiger partial charge in [-0.2, -0.15) is 9.78 Å². The molecule has 0 bridgehead atoms. The number of hydrogen-bond donors (Lipinski definition) is 1. The van der Waals surface area contributed by atoms with Crippen molar-refractivity contribution < 1.29 is 13.2 Å². The van der Waals surface area contributed by atoms with Crippen LogP contribution in [0.15, 0.2) is 82.5 Å². The van der Waals surface area contributed by atoms with E-state index in [1.54, 1.807) is 67.6 Å². The first kappa shape index (κ1) is 22.4. The van der Waals surface area contributed by atoms with E-state index in [1.165, 1.54) is 24.8 Å². The van der Waals surface area contributed by atoms with Crippen LogP contribution in [0.25, 0.3) is 16.5 Å². The molecule has 0 aliphatic rings. The number of carbonyl (C=O) groups is 1. The van der Waals surface area contributed by atoms with E-state index in [4.69, 9.17) is 0 Å². The molecular formula is C24H22N4O4S. The maximum Gasteiger partial charge on any atom is 0.279 e. The number of benzene rings is 3. The number of nitrogens with one attached hydrogen (secondary N) is 1. The Hall–Kier alpha value is -3.82. The highest BCUT2D eigenvalue weighted by Gasteiger charge is 2.22. The molecule has 33 heavy (non-hydrogen) atoms. The first-order valence-electron chi connectivity index (χ1n) is 10.1. The summed E-state index contributed by atoms with van der Waals surface area (Å²) in [6, 6.07) is 20.2. The van der Waals surface area contributed by atoms with Crippen molar-refractivity contribution in [2.45, 2.75) is 11.8 Å². The second-order valence-corrected chi connectivity index (χ2v) is 9.79. The highest BCUT2D eigenvalue weighted by Crippen LogP contribution is 2.23. The lowest BCUT2D eigenvalue weighted by molar-refractivity contribution is 0.102. The maximum absolute atomic E-state index is 13.3. The molecule has 8 nitrogen and oxygen atoms in total. The number of carbonyl (C=O) groups excluding carboxylic acids is 1. The van der Waals surface area contributed by atoms with Crippen LogP contribution in [0.3, 0.4) is 0 Å². The summed E-state index contributed by atoms with van der Waals surface area (Å²) >= 11 is 0. The van der Waals surface area contributed by atoms with Crippen LogP contribution in [0.2, 0.25) is 0 Å². The molecule has 0 saturated heterocycles. The quantitative estimate of drug-likeness (QED) is 0.491. The minimum absolute atomic E-state index is 0.0478. The number of nitrogens with zero attached hydrogens (tertiary/aromatic N) is 3. The summed E-state index contributed by atoms with van der Waals surface area (Å²) in [6.07, 6.45) is 0. The van der Waals surface area contributed by atoms with Crippen molar-refractivity contribution in [3.63, 3.8) is 0 Å². The van der Waals surface area contributed by atoms with Crippen LogP contribution in [-0.4, -0.2) is 42.5 Å². The molecule has 0 saturated carbocycles. The lowest BCUT2D eigenvalue weighted by atomic mass is 10.1. The third kappa shape index (κ3) is 4.15. The van der Waals surface area contributed by atoms with Crippen LogP contribution >= 0.6 is 0 Å². The van der Waals surface area contributed by atoms with E-state index in [2.05, 4.69) is 10.4 Å². The second-order valence-electron chi connectivity index (χ2n) is 7.67. The Labute approximate surface area is 191 Å². The number of amides is 1. The van der Waals surface area contributed by atoms with Gasteiger partial charge in [0.2, 0.25) is 10.0 Å².